The molecule has 1 saturated heterocycles. The second-order valence-corrected chi connectivity index (χ2v) is 5.18. The van der Waals surface area contributed by atoms with Crippen molar-refractivity contribution in [1.29, 1.82) is 0 Å². The molecule has 3 rings (SSSR count). The van der Waals surface area contributed by atoms with Crippen LogP contribution in [0.5, 0.6) is 0 Å². The highest BCUT2D eigenvalue weighted by Crippen LogP contribution is 2.23. The molecule has 2 N–H and O–H groups in total. The van der Waals surface area contributed by atoms with Gasteiger partial charge in [-0.1, -0.05) is 18.2 Å². The van der Waals surface area contributed by atoms with Gasteiger partial charge < -0.3 is 15.0 Å². The Balaban J connectivity index is 1.87. The van der Waals surface area contributed by atoms with Gasteiger partial charge in [-0.25, -0.2) is 0 Å². The van der Waals surface area contributed by atoms with E-state index in [1.54, 1.807) is 11.1 Å². The molecule has 0 spiro atoms. The predicted octanol–water partition coefficient (Wildman–Crippen LogP) is 2.10. The second kappa shape index (κ2) is 5.00. The summed E-state index contributed by atoms with van der Waals surface area (Å²) in [6.07, 6.45) is 3.09. The molecule has 0 aliphatic carbocycles. The van der Waals surface area contributed by atoms with E-state index in [1.807, 2.05) is 24.3 Å². The van der Waals surface area contributed by atoms with Gasteiger partial charge in [0.15, 0.2) is 0 Å². The first-order valence-corrected chi connectivity index (χ1v) is 6.75. The van der Waals surface area contributed by atoms with Crippen molar-refractivity contribution in [2.45, 2.75) is 12.8 Å². The fourth-order valence-electron chi connectivity index (χ4n) is 2.78. The zero-order valence-corrected chi connectivity index (χ0v) is 11.0. The number of hydrogen-bond donors (Lipinski definition) is 2. The lowest BCUT2D eigenvalue weighted by Crippen LogP contribution is -2.42. The third-order valence-corrected chi connectivity index (χ3v) is 3.88. The lowest BCUT2D eigenvalue weighted by Gasteiger charge is -2.30. The van der Waals surface area contributed by atoms with Gasteiger partial charge >= 0.3 is 5.97 Å². The Bertz CT molecular complexity index is 662. The number of carbonyl (C=O) groups is 2. The molecule has 0 unspecified atom stereocenters. The maximum absolute atomic E-state index is 12.6. The van der Waals surface area contributed by atoms with Gasteiger partial charge in [-0.05, 0) is 18.9 Å². The van der Waals surface area contributed by atoms with E-state index in [1.165, 1.54) is 0 Å². The highest BCUT2D eigenvalue weighted by molar-refractivity contribution is 6.06. The van der Waals surface area contributed by atoms with E-state index in [2.05, 4.69) is 4.98 Å². The number of aromatic nitrogens is 1. The maximum atomic E-state index is 12.6. The van der Waals surface area contributed by atoms with Gasteiger partial charge in [0.05, 0.1) is 11.5 Å². The summed E-state index contributed by atoms with van der Waals surface area (Å²) in [4.78, 5) is 28.4. The number of likely N-dealkylation sites (tertiary alicyclic amines) is 1. The van der Waals surface area contributed by atoms with E-state index in [9.17, 15) is 9.59 Å². The summed E-state index contributed by atoms with van der Waals surface area (Å²) < 4.78 is 0. The number of piperidine rings is 1. The second-order valence-electron chi connectivity index (χ2n) is 5.18. The van der Waals surface area contributed by atoms with Crippen LogP contribution < -0.4 is 0 Å². The molecule has 1 fully saturated rings. The van der Waals surface area contributed by atoms with Crippen LogP contribution in [0, 0.1) is 5.92 Å². The third kappa shape index (κ3) is 2.15. The highest BCUT2D eigenvalue weighted by atomic mass is 16.4. The zero-order valence-electron chi connectivity index (χ0n) is 11.0. The molecular formula is C15H16N2O3. The average molecular weight is 272 g/mol. The highest BCUT2D eigenvalue weighted by Gasteiger charge is 2.29. The van der Waals surface area contributed by atoms with Gasteiger partial charge in [0.2, 0.25) is 0 Å². The maximum Gasteiger partial charge on any atom is 0.308 e. The van der Waals surface area contributed by atoms with Gasteiger partial charge in [-0.15, -0.1) is 0 Å². The number of aliphatic carboxylic acids is 1. The van der Waals surface area contributed by atoms with Crippen LogP contribution in [0.15, 0.2) is 30.5 Å². The van der Waals surface area contributed by atoms with E-state index in [0.29, 0.717) is 25.1 Å². The van der Waals surface area contributed by atoms with Crippen molar-refractivity contribution >= 4 is 22.8 Å². The summed E-state index contributed by atoms with van der Waals surface area (Å²) in [5.74, 6) is -1.35. The summed E-state index contributed by atoms with van der Waals surface area (Å²) in [7, 11) is 0. The summed E-state index contributed by atoms with van der Waals surface area (Å²) in [6, 6.07) is 7.62. The summed E-state index contributed by atoms with van der Waals surface area (Å²) >= 11 is 0. The third-order valence-electron chi connectivity index (χ3n) is 3.88. The van der Waals surface area contributed by atoms with Gasteiger partial charge in [-0.3, -0.25) is 9.59 Å². The molecule has 0 bridgehead atoms. The van der Waals surface area contributed by atoms with Crippen LogP contribution in [0.3, 0.4) is 0 Å². The number of para-hydroxylation sites is 1. The van der Waals surface area contributed by atoms with Crippen LogP contribution in [0.2, 0.25) is 0 Å². The molecule has 1 atom stereocenters. The first-order valence-electron chi connectivity index (χ1n) is 6.75. The SMILES string of the molecule is O=C(O)[C@H]1CCCN(C(=O)c2c[nH]c3ccccc23)C1. The Morgan fingerprint density at radius 3 is 2.90 bits per heavy atom. The molecule has 1 aliphatic heterocycles. The number of carbonyl (C=O) groups excluding carboxylic acids is 1. The minimum Gasteiger partial charge on any atom is -0.481 e. The number of nitrogens with zero attached hydrogens (tertiary/aromatic N) is 1. The van der Waals surface area contributed by atoms with E-state index >= 15 is 0 Å². The monoisotopic (exact) mass is 272 g/mol. The van der Waals surface area contributed by atoms with Gasteiger partial charge in [0.1, 0.15) is 0 Å². The number of aromatic amines is 1. The molecule has 1 aromatic heterocycles. The van der Waals surface area contributed by atoms with Gasteiger partial charge in [-0.2, -0.15) is 0 Å². The van der Waals surface area contributed by atoms with E-state index < -0.39 is 11.9 Å². The quantitative estimate of drug-likeness (QED) is 0.879. The number of benzene rings is 1. The number of nitrogens with one attached hydrogen (secondary N) is 1. The van der Waals surface area contributed by atoms with E-state index in [4.69, 9.17) is 5.11 Å². The van der Waals surface area contributed by atoms with Crippen molar-refractivity contribution in [3.8, 4) is 0 Å². The van der Waals surface area contributed by atoms with Crippen molar-refractivity contribution in [2.24, 2.45) is 5.92 Å². The number of carboxylic acid groups (broad SMARTS) is 1. The average Bonchev–Trinajstić information content (AvgIpc) is 2.90. The fraction of sp³-hybridized carbons (Fsp3) is 0.333. The molecule has 1 amide bonds. The number of H-pyrrole nitrogens is 1. The lowest BCUT2D eigenvalue weighted by atomic mass is 9.97. The zero-order chi connectivity index (χ0) is 14.1. The Morgan fingerprint density at radius 2 is 2.10 bits per heavy atom. The van der Waals surface area contributed by atoms with Crippen molar-refractivity contribution in [3.05, 3.63) is 36.0 Å². The molecule has 1 aliphatic rings. The molecule has 1 aromatic carbocycles. The molecule has 20 heavy (non-hydrogen) atoms. The molecule has 0 radical (unpaired) electrons. The largest absolute Gasteiger partial charge is 0.481 e. The fourth-order valence-corrected chi connectivity index (χ4v) is 2.78. The Kier molecular flexibility index (Phi) is 3.18. The van der Waals surface area contributed by atoms with Gasteiger partial charge in [0.25, 0.3) is 5.91 Å². The van der Waals surface area contributed by atoms with Crippen molar-refractivity contribution in [3.63, 3.8) is 0 Å². The van der Waals surface area contributed by atoms with Crippen molar-refractivity contribution in [1.82, 2.24) is 9.88 Å². The van der Waals surface area contributed by atoms with E-state index in [0.717, 1.165) is 17.3 Å². The molecule has 2 aromatic rings. The minimum absolute atomic E-state index is 0.0894. The standard InChI is InChI=1S/C15H16N2O3/c18-14(17-7-3-4-10(9-17)15(19)20)12-8-16-13-6-2-1-5-11(12)13/h1-2,5-6,8,10,16H,3-4,7,9H2,(H,19,20)/t10-/m0/s1. The normalized spacial score (nSPS) is 19.2. The minimum atomic E-state index is -0.818. The van der Waals surface area contributed by atoms with Crippen molar-refractivity contribution < 1.29 is 14.7 Å². The number of hydrogen-bond acceptors (Lipinski definition) is 2. The molecular weight excluding hydrogens is 256 g/mol. The number of fused-ring (bicyclic) bond motifs is 1. The molecule has 2 heterocycles. The number of carboxylic acids is 1. The molecule has 0 saturated carbocycles. The molecule has 104 valence electrons. The predicted molar refractivity (Wildman–Crippen MR) is 74.6 cm³/mol. The topological polar surface area (TPSA) is 73.4 Å². The van der Waals surface area contributed by atoms with Crippen molar-refractivity contribution in [2.75, 3.05) is 13.1 Å². The molecule has 5 nitrogen and oxygen atoms in total. The van der Waals surface area contributed by atoms with Crippen LogP contribution in [-0.2, 0) is 4.79 Å². The van der Waals surface area contributed by atoms with Crippen LogP contribution in [-0.4, -0.2) is 40.0 Å². The Hall–Kier alpha value is -2.30. The summed E-state index contributed by atoms with van der Waals surface area (Å²) in [6.45, 7) is 0.926. The Labute approximate surface area is 116 Å². The summed E-state index contributed by atoms with van der Waals surface area (Å²) in [5, 5.41) is 9.98. The first-order chi connectivity index (χ1) is 9.66. The van der Waals surface area contributed by atoms with E-state index in [-0.39, 0.29) is 5.91 Å². The number of amides is 1. The smallest absolute Gasteiger partial charge is 0.308 e. The van der Waals surface area contributed by atoms with Gasteiger partial charge in [0, 0.05) is 30.2 Å². The van der Waals surface area contributed by atoms with Crippen LogP contribution >= 0.6 is 0 Å². The van der Waals surface area contributed by atoms with Crippen LogP contribution in [0.25, 0.3) is 10.9 Å². The lowest BCUT2D eigenvalue weighted by molar-refractivity contribution is -0.143. The summed E-state index contributed by atoms with van der Waals surface area (Å²) in [5.41, 5.74) is 1.54. The molecule has 5 heteroatoms. The van der Waals surface area contributed by atoms with Crippen LogP contribution in [0.4, 0.5) is 0 Å². The first kappa shape index (κ1) is 12.7. The van der Waals surface area contributed by atoms with Crippen LogP contribution in [0.1, 0.15) is 23.2 Å². The Morgan fingerprint density at radius 1 is 1.30 bits per heavy atom. The number of rotatable bonds is 2.